The van der Waals surface area contributed by atoms with E-state index in [-0.39, 0.29) is 20.3 Å². The number of hydrogen-bond donors (Lipinski definition) is 1. The Morgan fingerprint density at radius 3 is 2.19 bits per heavy atom. The quantitative estimate of drug-likeness (QED) is 0.316. The van der Waals surface area contributed by atoms with Gasteiger partial charge >= 0.3 is 0 Å². The number of rotatable bonds is 6. The number of nitrogens with zero attached hydrogens (tertiary/aromatic N) is 3. The maximum Gasteiger partial charge on any atom is 0.282 e. The second kappa shape index (κ2) is 8.33. The van der Waals surface area contributed by atoms with Crippen LogP contribution in [-0.2, 0) is 4.79 Å². The number of aromatic nitrogens is 2. The molecule has 2 aromatic rings. The summed E-state index contributed by atoms with van der Waals surface area (Å²) in [7, 11) is 0. The van der Waals surface area contributed by atoms with Gasteiger partial charge in [-0.2, -0.15) is 5.10 Å². The highest BCUT2D eigenvalue weighted by molar-refractivity contribution is 9.11. The van der Waals surface area contributed by atoms with E-state index in [1.54, 1.807) is 0 Å². The highest BCUT2D eigenvalue weighted by Gasteiger charge is 2.27. The molecule has 0 fully saturated rings. The van der Waals surface area contributed by atoms with E-state index in [2.05, 4.69) is 42.3 Å². The van der Waals surface area contributed by atoms with Crippen molar-refractivity contribution in [2.75, 3.05) is 5.32 Å². The van der Waals surface area contributed by atoms with Crippen LogP contribution in [0.5, 0.6) is 0 Å². The summed E-state index contributed by atoms with van der Waals surface area (Å²) in [4.78, 5) is 22.6. The van der Waals surface area contributed by atoms with Gasteiger partial charge in [-0.1, -0.05) is 0 Å². The van der Waals surface area contributed by atoms with E-state index < -0.39 is 41.1 Å². The van der Waals surface area contributed by atoms with E-state index in [9.17, 15) is 32.5 Å². The van der Waals surface area contributed by atoms with Crippen LogP contribution in [0.25, 0.3) is 0 Å². The number of amides is 1. The molecule has 0 aliphatic carbocycles. The van der Waals surface area contributed by atoms with Gasteiger partial charge in [0.1, 0.15) is 17.4 Å². The minimum atomic E-state index is -3.11. The molecule has 0 saturated heterocycles. The van der Waals surface area contributed by atoms with E-state index in [1.165, 1.54) is 6.92 Å². The summed E-state index contributed by atoms with van der Waals surface area (Å²) in [5.74, 6) is -0.837. The SMILES string of the molecule is CC(C(=O)Nc1c(Br)cc([N+](=O)[O-])cc1Br)n1nc(C(F)F)cc1C(F)F. The third-order valence-electron chi connectivity index (χ3n) is 3.46. The Hall–Kier alpha value is -2.02. The van der Waals surface area contributed by atoms with Crippen molar-refractivity contribution in [1.82, 2.24) is 9.78 Å². The maximum atomic E-state index is 13.1. The van der Waals surface area contributed by atoms with Crippen LogP contribution in [0.3, 0.4) is 0 Å². The van der Waals surface area contributed by atoms with Crippen molar-refractivity contribution in [3.05, 3.63) is 48.6 Å². The third kappa shape index (κ3) is 4.64. The predicted molar refractivity (Wildman–Crippen MR) is 94.0 cm³/mol. The summed E-state index contributed by atoms with van der Waals surface area (Å²) in [6, 6.07) is 1.46. The monoisotopic (exact) mass is 516 g/mol. The van der Waals surface area contributed by atoms with Crippen molar-refractivity contribution >= 4 is 49.1 Å². The summed E-state index contributed by atoms with van der Waals surface area (Å²) in [5.41, 5.74) is -1.84. The molecule has 27 heavy (non-hydrogen) atoms. The van der Waals surface area contributed by atoms with Crippen molar-refractivity contribution in [2.45, 2.75) is 25.8 Å². The molecule has 1 aromatic heterocycles. The van der Waals surface area contributed by atoms with Crippen LogP contribution in [0, 0.1) is 10.1 Å². The van der Waals surface area contributed by atoms with Gasteiger partial charge in [-0.3, -0.25) is 19.6 Å². The lowest BCUT2D eigenvalue weighted by atomic mass is 10.2. The molecule has 7 nitrogen and oxygen atoms in total. The van der Waals surface area contributed by atoms with Crippen LogP contribution in [0.15, 0.2) is 27.1 Å². The topological polar surface area (TPSA) is 90.1 Å². The van der Waals surface area contributed by atoms with Crippen molar-refractivity contribution in [3.8, 4) is 0 Å². The minimum absolute atomic E-state index is 0.109. The number of hydrogen-bond acceptors (Lipinski definition) is 4. The van der Waals surface area contributed by atoms with Gasteiger partial charge in [0.15, 0.2) is 0 Å². The molecule has 1 amide bonds. The average molecular weight is 518 g/mol. The van der Waals surface area contributed by atoms with Gasteiger partial charge in [0.2, 0.25) is 5.91 Å². The largest absolute Gasteiger partial charge is 0.322 e. The normalized spacial score (nSPS) is 12.5. The number of non-ortho nitro benzene ring substituents is 1. The number of nitro benzene ring substituents is 1. The summed E-state index contributed by atoms with van der Waals surface area (Å²) >= 11 is 6.14. The van der Waals surface area contributed by atoms with Crippen LogP contribution in [-0.4, -0.2) is 20.6 Å². The number of carbonyl (C=O) groups is 1. The number of anilines is 1. The molecule has 1 atom stereocenters. The van der Waals surface area contributed by atoms with E-state index >= 15 is 0 Å². The summed E-state index contributed by atoms with van der Waals surface area (Å²) in [6.07, 6.45) is -6.19. The molecule has 0 spiro atoms. The molecule has 1 aromatic carbocycles. The molecule has 1 N–H and O–H groups in total. The molecule has 1 heterocycles. The van der Waals surface area contributed by atoms with Crippen LogP contribution < -0.4 is 5.32 Å². The first-order valence-corrected chi connectivity index (χ1v) is 8.71. The summed E-state index contributed by atoms with van der Waals surface area (Å²) < 4.78 is 52.5. The van der Waals surface area contributed by atoms with E-state index in [4.69, 9.17) is 0 Å². The number of carbonyl (C=O) groups excluding carboxylic acids is 1. The lowest BCUT2D eigenvalue weighted by Gasteiger charge is -2.17. The molecule has 0 radical (unpaired) electrons. The number of benzene rings is 1. The van der Waals surface area contributed by atoms with Gasteiger partial charge in [0.05, 0.1) is 10.6 Å². The molecule has 0 aliphatic heterocycles. The zero-order chi connectivity index (χ0) is 20.5. The van der Waals surface area contributed by atoms with E-state index in [0.29, 0.717) is 10.7 Å². The second-order valence-electron chi connectivity index (χ2n) is 5.25. The third-order valence-corrected chi connectivity index (χ3v) is 4.71. The van der Waals surface area contributed by atoms with Gasteiger partial charge in [-0.25, -0.2) is 17.6 Å². The second-order valence-corrected chi connectivity index (χ2v) is 6.96. The highest BCUT2D eigenvalue weighted by atomic mass is 79.9. The lowest BCUT2D eigenvalue weighted by Crippen LogP contribution is -2.26. The van der Waals surface area contributed by atoms with Crippen molar-refractivity contribution in [2.24, 2.45) is 0 Å². The van der Waals surface area contributed by atoms with Crippen LogP contribution in [0.1, 0.15) is 37.2 Å². The number of nitro groups is 1. The Kier molecular flexibility index (Phi) is 6.57. The summed E-state index contributed by atoms with van der Waals surface area (Å²) in [5, 5.41) is 16.6. The standard InChI is InChI=1S/C14H10Br2F4N4O3/c1-5(23-10(13(19)20)4-9(22-23)12(17)18)14(25)21-11-7(15)2-6(24(26)27)3-8(11)16/h2-5,12-13H,1H3,(H,21,25). The zero-order valence-corrected chi connectivity index (χ0v) is 16.5. The van der Waals surface area contributed by atoms with Gasteiger partial charge in [0.25, 0.3) is 18.5 Å². The molecule has 1 unspecified atom stereocenters. The Balaban J connectivity index is 2.33. The van der Waals surface area contributed by atoms with Gasteiger partial charge < -0.3 is 5.32 Å². The Morgan fingerprint density at radius 2 is 1.74 bits per heavy atom. The molecule has 13 heteroatoms. The lowest BCUT2D eigenvalue weighted by molar-refractivity contribution is -0.385. The van der Waals surface area contributed by atoms with Crippen molar-refractivity contribution < 1.29 is 27.3 Å². The van der Waals surface area contributed by atoms with Crippen LogP contribution >= 0.6 is 31.9 Å². The average Bonchev–Trinajstić information content (AvgIpc) is 3.02. The predicted octanol–water partition coefficient (Wildman–Crippen LogP) is 5.39. The summed E-state index contributed by atoms with van der Waals surface area (Å²) in [6.45, 7) is 1.21. The van der Waals surface area contributed by atoms with Crippen LogP contribution in [0.2, 0.25) is 0 Å². The van der Waals surface area contributed by atoms with Crippen LogP contribution in [0.4, 0.5) is 28.9 Å². The molecule has 0 saturated carbocycles. The van der Waals surface area contributed by atoms with Crippen molar-refractivity contribution in [1.29, 1.82) is 0 Å². The number of alkyl halides is 4. The zero-order valence-electron chi connectivity index (χ0n) is 13.3. The fraction of sp³-hybridized carbons (Fsp3) is 0.286. The first kappa shape index (κ1) is 21.3. The molecule has 2 rings (SSSR count). The van der Waals surface area contributed by atoms with E-state index in [0.717, 1.165) is 12.1 Å². The Labute approximate surface area is 166 Å². The number of halogens is 6. The number of nitrogens with one attached hydrogen (secondary N) is 1. The maximum absolute atomic E-state index is 13.1. The first-order chi connectivity index (χ1) is 12.5. The van der Waals surface area contributed by atoms with Gasteiger partial charge in [0, 0.05) is 21.1 Å². The minimum Gasteiger partial charge on any atom is -0.322 e. The molecule has 0 bridgehead atoms. The molecule has 0 aliphatic rings. The van der Waals surface area contributed by atoms with Gasteiger partial charge in [-0.15, -0.1) is 0 Å². The molecule has 146 valence electrons. The molecular weight excluding hydrogens is 508 g/mol. The van der Waals surface area contributed by atoms with E-state index in [1.807, 2.05) is 0 Å². The Morgan fingerprint density at radius 1 is 1.19 bits per heavy atom. The first-order valence-electron chi connectivity index (χ1n) is 7.12. The molecular formula is C14H10Br2F4N4O3. The fourth-order valence-corrected chi connectivity index (χ4v) is 3.49. The smallest absolute Gasteiger partial charge is 0.282 e. The van der Waals surface area contributed by atoms with Crippen molar-refractivity contribution in [3.63, 3.8) is 0 Å². The van der Waals surface area contributed by atoms with Gasteiger partial charge in [-0.05, 0) is 44.8 Å². The Bertz CT molecular complexity index is 868. The fourth-order valence-electron chi connectivity index (χ4n) is 2.13. The highest BCUT2D eigenvalue weighted by Crippen LogP contribution is 2.36.